The molecule has 2 amide bonds. The molecule has 2 aliphatic rings. The predicted octanol–water partition coefficient (Wildman–Crippen LogP) is 2.79. The summed E-state index contributed by atoms with van der Waals surface area (Å²) in [5, 5.41) is 15.0. The first kappa shape index (κ1) is 16.5. The minimum Gasteiger partial charge on any atom is -0.481 e. The summed E-state index contributed by atoms with van der Waals surface area (Å²) in [5.41, 5.74) is 2.44. The zero-order chi connectivity index (χ0) is 17.1. The molecule has 1 aliphatic heterocycles. The number of hydrogen-bond donors (Lipinski definition) is 3. The second kappa shape index (κ2) is 7.03. The summed E-state index contributed by atoms with van der Waals surface area (Å²) in [4.78, 5) is 35.5. The number of fused-ring (bicyclic) bond motifs is 1. The van der Waals surface area contributed by atoms with Crippen molar-refractivity contribution < 1.29 is 19.5 Å². The van der Waals surface area contributed by atoms with Crippen LogP contribution in [0.2, 0.25) is 0 Å². The van der Waals surface area contributed by atoms with E-state index in [4.69, 9.17) is 0 Å². The van der Waals surface area contributed by atoms with E-state index >= 15 is 0 Å². The van der Waals surface area contributed by atoms with Crippen molar-refractivity contribution in [2.75, 3.05) is 10.6 Å². The van der Waals surface area contributed by atoms with Crippen molar-refractivity contribution in [3.8, 4) is 0 Å². The van der Waals surface area contributed by atoms with Crippen LogP contribution in [0.25, 0.3) is 0 Å². The number of benzene rings is 1. The molecule has 1 heterocycles. The zero-order valence-electron chi connectivity index (χ0n) is 13.5. The predicted molar refractivity (Wildman–Crippen MR) is 89.7 cm³/mol. The molecule has 24 heavy (non-hydrogen) atoms. The number of carbonyl (C=O) groups excluding carboxylic acids is 2. The van der Waals surface area contributed by atoms with Gasteiger partial charge in [-0.1, -0.05) is 12.8 Å². The van der Waals surface area contributed by atoms with Crippen LogP contribution in [0.15, 0.2) is 18.2 Å². The van der Waals surface area contributed by atoms with Crippen molar-refractivity contribution >= 4 is 29.2 Å². The number of aryl methyl sites for hydroxylation is 1. The third-order valence-corrected chi connectivity index (χ3v) is 4.92. The van der Waals surface area contributed by atoms with Crippen LogP contribution in [0.3, 0.4) is 0 Å². The van der Waals surface area contributed by atoms with E-state index in [1.165, 1.54) is 0 Å². The Bertz CT molecular complexity index is 671. The average Bonchev–Trinajstić information content (AvgIpc) is 2.75. The standard InChI is InChI=1S/C18H22N2O4/c21-16-7-3-4-11-10-12(8-9-15(11)20-16)19-17(22)13-5-1-2-6-14(13)18(23)24/h8-10,13-14H,1-7H2,(H,19,22)(H,20,21)(H,23,24)/t13-,14-/m1/s1. The topological polar surface area (TPSA) is 95.5 Å². The monoisotopic (exact) mass is 330 g/mol. The number of carboxylic acids is 1. The van der Waals surface area contributed by atoms with E-state index in [0.717, 1.165) is 36.9 Å². The maximum absolute atomic E-state index is 12.5. The molecule has 2 atom stereocenters. The lowest BCUT2D eigenvalue weighted by molar-refractivity contribution is -0.147. The second-order valence-corrected chi connectivity index (χ2v) is 6.60. The number of anilines is 2. The lowest BCUT2D eigenvalue weighted by Crippen LogP contribution is -2.36. The summed E-state index contributed by atoms with van der Waals surface area (Å²) < 4.78 is 0. The molecular formula is C18H22N2O4. The van der Waals surface area contributed by atoms with E-state index in [1.54, 1.807) is 12.1 Å². The molecule has 3 N–H and O–H groups in total. The molecule has 3 rings (SSSR count). The van der Waals surface area contributed by atoms with Gasteiger partial charge in [-0.2, -0.15) is 0 Å². The Morgan fingerprint density at radius 3 is 2.58 bits per heavy atom. The van der Waals surface area contributed by atoms with Crippen molar-refractivity contribution in [1.29, 1.82) is 0 Å². The quantitative estimate of drug-likeness (QED) is 0.794. The van der Waals surface area contributed by atoms with Gasteiger partial charge in [0.2, 0.25) is 11.8 Å². The molecule has 6 nitrogen and oxygen atoms in total. The molecule has 128 valence electrons. The summed E-state index contributed by atoms with van der Waals surface area (Å²) in [5.74, 6) is -2.18. The molecule has 0 saturated heterocycles. The smallest absolute Gasteiger partial charge is 0.307 e. The summed E-state index contributed by atoms with van der Waals surface area (Å²) >= 11 is 0. The van der Waals surface area contributed by atoms with Gasteiger partial charge in [0.25, 0.3) is 0 Å². The molecule has 1 saturated carbocycles. The molecule has 1 aromatic rings. The highest BCUT2D eigenvalue weighted by atomic mass is 16.4. The first-order valence-corrected chi connectivity index (χ1v) is 8.51. The average molecular weight is 330 g/mol. The molecule has 0 radical (unpaired) electrons. The van der Waals surface area contributed by atoms with E-state index in [2.05, 4.69) is 10.6 Å². The van der Waals surface area contributed by atoms with Gasteiger partial charge in [0.1, 0.15) is 0 Å². The lowest BCUT2D eigenvalue weighted by Gasteiger charge is -2.27. The summed E-state index contributed by atoms with van der Waals surface area (Å²) in [7, 11) is 0. The van der Waals surface area contributed by atoms with Gasteiger partial charge in [-0.25, -0.2) is 0 Å². The lowest BCUT2D eigenvalue weighted by atomic mass is 9.78. The van der Waals surface area contributed by atoms with Crippen molar-refractivity contribution in [1.82, 2.24) is 0 Å². The van der Waals surface area contributed by atoms with Gasteiger partial charge in [0.05, 0.1) is 11.8 Å². The number of hydrogen-bond acceptors (Lipinski definition) is 3. The molecule has 0 bridgehead atoms. The highest BCUT2D eigenvalue weighted by Gasteiger charge is 2.35. The van der Waals surface area contributed by atoms with Crippen LogP contribution in [0.4, 0.5) is 11.4 Å². The van der Waals surface area contributed by atoms with E-state index in [1.807, 2.05) is 6.07 Å². The van der Waals surface area contributed by atoms with Crippen molar-refractivity contribution in [2.24, 2.45) is 11.8 Å². The van der Waals surface area contributed by atoms with E-state index in [9.17, 15) is 19.5 Å². The zero-order valence-corrected chi connectivity index (χ0v) is 13.5. The van der Waals surface area contributed by atoms with Crippen molar-refractivity contribution in [3.63, 3.8) is 0 Å². The van der Waals surface area contributed by atoms with Gasteiger partial charge in [0.15, 0.2) is 0 Å². The number of carboxylic acid groups (broad SMARTS) is 1. The molecule has 0 spiro atoms. The molecular weight excluding hydrogens is 308 g/mol. The number of aliphatic carboxylic acids is 1. The molecule has 1 fully saturated rings. The number of amides is 2. The first-order chi connectivity index (χ1) is 11.5. The Morgan fingerprint density at radius 2 is 1.83 bits per heavy atom. The maximum Gasteiger partial charge on any atom is 0.307 e. The molecule has 1 aromatic carbocycles. The largest absolute Gasteiger partial charge is 0.481 e. The third-order valence-electron chi connectivity index (χ3n) is 4.92. The summed E-state index contributed by atoms with van der Waals surface area (Å²) in [6.45, 7) is 0. The highest BCUT2D eigenvalue weighted by Crippen LogP contribution is 2.32. The van der Waals surface area contributed by atoms with Crippen LogP contribution in [0.5, 0.6) is 0 Å². The SMILES string of the molecule is O=C1CCCc2cc(NC(=O)[C@@H]3CCCC[C@H]3C(=O)O)ccc2N1. The fraction of sp³-hybridized carbons (Fsp3) is 0.500. The molecule has 0 aromatic heterocycles. The van der Waals surface area contributed by atoms with Gasteiger partial charge in [-0.15, -0.1) is 0 Å². The maximum atomic E-state index is 12.5. The fourth-order valence-electron chi connectivity index (χ4n) is 3.63. The Labute approximate surface area is 140 Å². The Morgan fingerprint density at radius 1 is 1.08 bits per heavy atom. The van der Waals surface area contributed by atoms with E-state index in [0.29, 0.717) is 24.9 Å². The number of carbonyl (C=O) groups is 3. The third kappa shape index (κ3) is 3.58. The first-order valence-electron chi connectivity index (χ1n) is 8.51. The molecule has 0 unspecified atom stereocenters. The van der Waals surface area contributed by atoms with Gasteiger partial charge in [-0.05, 0) is 49.4 Å². The summed E-state index contributed by atoms with van der Waals surface area (Å²) in [6, 6.07) is 5.42. The minimum absolute atomic E-state index is 0.0111. The minimum atomic E-state index is -0.889. The van der Waals surface area contributed by atoms with Crippen LogP contribution < -0.4 is 10.6 Å². The van der Waals surface area contributed by atoms with Crippen LogP contribution in [-0.4, -0.2) is 22.9 Å². The van der Waals surface area contributed by atoms with Crippen LogP contribution in [0.1, 0.15) is 44.1 Å². The second-order valence-electron chi connectivity index (χ2n) is 6.60. The normalized spacial score (nSPS) is 23.6. The van der Waals surface area contributed by atoms with Gasteiger partial charge >= 0.3 is 5.97 Å². The van der Waals surface area contributed by atoms with Gasteiger partial charge in [0, 0.05) is 17.8 Å². The highest BCUT2D eigenvalue weighted by molar-refractivity contribution is 5.96. The number of nitrogens with one attached hydrogen (secondary N) is 2. The van der Waals surface area contributed by atoms with Gasteiger partial charge < -0.3 is 15.7 Å². The van der Waals surface area contributed by atoms with Crippen LogP contribution in [0, 0.1) is 11.8 Å². The summed E-state index contributed by atoms with van der Waals surface area (Å²) in [6.07, 6.45) is 4.97. The van der Waals surface area contributed by atoms with E-state index in [-0.39, 0.29) is 11.8 Å². The van der Waals surface area contributed by atoms with Crippen LogP contribution in [-0.2, 0) is 20.8 Å². The van der Waals surface area contributed by atoms with Gasteiger partial charge in [-0.3, -0.25) is 14.4 Å². The Hall–Kier alpha value is -2.37. The van der Waals surface area contributed by atoms with E-state index < -0.39 is 17.8 Å². The number of rotatable bonds is 3. The molecule has 1 aliphatic carbocycles. The molecule has 6 heteroatoms. The van der Waals surface area contributed by atoms with Crippen molar-refractivity contribution in [3.05, 3.63) is 23.8 Å². The van der Waals surface area contributed by atoms with Crippen LogP contribution >= 0.6 is 0 Å². The Kier molecular flexibility index (Phi) is 4.83. The van der Waals surface area contributed by atoms with Crippen molar-refractivity contribution in [2.45, 2.75) is 44.9 Å². The Balaban J connectivity index is 1.73. The fourth-order valence-corrected chi connectivity index (χ4v) is 3.63.